The summed E-state index contributed by atoms with van der Waals surface area (Å²) in [6, 6.07) is 8.15. The van der Waals surface area contributed by atoms with E-state index < -0.39 is 0 Å². The number of methoxy groups -OCH3 is 1. The lowest BCUT2D eigenvalue weighted by Gasteiger charge is -2.40. The SMILES string of the molecule is CCc1nc2sc([C@H](c3ccc(OC)cc3)N3C[C@@H](C)C[C@H](C)C3)c(O)n2n1. The van der Waals surface area contributed by atoms with Crippen molar-refractivity contribution in [3.05, 3.63) is 40.5 Å². The standard InChI is InChI=1S/C21H28N4O2S/c1-5-17-22-21-25(23-17)20(26)19(28-21)18(15-6-8-16(27-4)9-7-15)24-11-13(2)10-14(3)12-24/h6-9,13-14,18,26H,5,10-12H2,1-4H3/t13-,14-,18-/m0/s1. The summed E-state index contributed by atoms with van der Waals surface area (Å²) >= 11 is 1.54. The first kappa shape index (κ1) is 19.2. The molecule has 3 atom stereocenters. The Bertz CT molecular complexity index is 939. The highest BCUT2D eigenvalue weighted by molar-refractivity contribution is 7.17. The Kier molecular flexibility index (Phi) is 5.29. The lowest BCUT2D eigenvalue weighted by atomic mass is 9.89. The molecule has 3 heterocycles. The zero-order valence-corrected chi connectivity index (χ0v) is 17.7. The zero-order chi connectivity index (χ0) is 19.8. The largest absolute Gasteiger partial charge is 0.497 e. The van der Waals surface area contributed by atoms with E-state index in [0.29, 0.717) is 11.8 Å². The molecular weight excluding hydrogens is 372 g/mol. The van der Waals surface area contributed by atoms with Crippen LogP contribution in [0.2, 0.25) is 0 Å². The number of benzene rings is 1. The van der Waals surface area contributed by atoms with Crippen LogP contribution in [-0.4, -0.2) is 44.8 Å². The molecule has 1 aliphatic heterocycles. The Balaban J connectivity index is 1.80. The van der Waals surface area contributed by atoms with Gasteiger partial charge in [-0.1, -0.05) is 44.2 Å². The fourth-order valence-electron chi connectivity index (χ4n) is 4.35. The maximum atomic E-state index is 11.0. The Labute approximate surface area is 169 Å². The van der Waals surface area contributed by atoms with Crippen LogP contribution in [0.3, 0.4) is 0 Å². The number of ether oxygens (including phenoxy) is 1. The number of rotatable bonds is 5. The van der Waals surface area contributed by atoms with E-state index >= 15 is 0 Å². The number of aromatic hydroxyl groups is 1. The lowest BCUT2D eigenvalue weighted by molar-refractivity contribution is 0.112. The summed E-state index contributed by atoms with van der Waals surface area (Å²) in [7, 11) is 1.68. The van der Waals surface area contributed by atoms with Crippen molar-refractivity contribution in [2.75, 3.05) is 20.2 Å². The van der Waals surface area contributed by atoms with Gasteiger partial charge in [0.2, 0.25) is 10.8 Å². The molecule has 0 aliphatic carbocycles. The molecule has 2 aromatic heterocycles. The van der Waals surface area contributed by atoms with Gasteiger partial charge in [0.15, 0.2) is 5.82 Å². The van der Waals surface area contributed by atoms with Crippen LogP contribution >= 0.6 is 11.3 Å². The number of aryl methyl sites for hydroxylation is 1. The van der Waals surface area contributed by atoms with Gasteiger partial charge in [0.1, 0.15) is 5.75 Å². The van der Waals surface area contributed by atoms with Crippen molar-refractivity contribution in [1.29, 1.82) is 0 Å². The van der Waals surface area contributed by atoms with Crippen molar-refractivity contribution in [3.8, 4) is 11.6 Å². The van der Waals surface area contributed by atoms with Crippen LogP contribution < -0.4 is 4.74 Å². The second-order valence-corrected chi connectivity index (χ2v) is 8.95. The predicted octanol–water partition coefficient (Wildman–Crippen LogP) is 4.13. The molecule has 7 heteroatoms. The number of fused-ring (bicyclic) bond motifs is 1. The Hall–Kier alpha value is -2.12. The summed E-state index contributed by atoms with van der Waals surface area (Å²) in [5.74, 6) is 3.05. The second kappa shape index (κ2) is 7.72. The number of aromatic nitrogens is 3. The van der Waals surface area contributed by atoms with Crippen LogP contribution in [0.25, 0.3) is 4.96 Å². The van der Waals surface area contributed by atoms with Crippen molar-refractivity contribution < 1.29 is 9.84 Å². The maximum Gasteiger partial charge on any atom is 0.230 e. The molecule has 150 valence electrons. The molecule has 0 unspecified atom stereocenters. The summed E-state index contributed by atoms with van der Waals surface area (Å²) in [4.78, 5) is 8.71. The Morgan fingerprint density at radius 3 is 2.46 bits per heavy atom. The van der Waals surface area contributed by atoms with Crippen LogP contribution in [0, 0.1) is 11.8 Å². The first-order valence-corrected chi connectivity index (χ1v) is 10.8. The van der Waals surface area contributed by atoms with Gasteiger partial charge < -0.3 is 9.84 Å². The number of thiazole rings is 1. The highest BCUT2D eigenvalue weighted by Gasteiger charge is 2.33. The molecule has 3 aromatic rings. The van der Waals surface area contributed by atoms with E-state index in [9.17, 15) is 5.11 Å². The molecule has 1 saturated heterocycles. The average molecular weight is 401 g/mol. The van der Waals surface area contributed by atoms with Crippen molar-refractivity contribution in [3.63, 3.8) is 0 Å². The predicted molar refractivity (Wildman–Crippen MR) is 111 cm³/mol. The molecular formula is C21H28N4O2S. The lowest BCUT2D eigenvalue weighted by Crippen LogP contribution is -2.41. The van der Waals surface area contributed by atoms with Crippen molar-refractivity contribution in [2.45, 2.75) is 39.7 Å². The van der Waals surface area contributed by atoms with Crippen LogP contribution in [0.1, 0.15) is 49.5 Å². The number of likely N-dealkylation sites (tertiary alicyclic amines) is 1. The van der Waals surface area contributed by atoms with E-state index in [1.165, 1.54) is 17.8 Å². The van der Waals surface area contributed by atoms with Gasteiger partial charge in [-0.2, -0.15) is 4.52 Å². The van der Waals surface area contributed by atoms with Gasteiger partial charge in [0, 0.05) is 19.5 Å². The van der Waals surface area contributed by atoms with Crippen LogP contribution in [-0.2, 0) is 6.42 Å². The summed E-state index contributed by atoms with van der Waals surface area (Å²) in [6.45, 7) is 8.66. The molecule has 1 aliphatic rings. The number of hydrogen-bond donors (Lipinski definition) is 1. The third-order valence-corrected chi connectivity index (χ3v) is 6.57. The molecule has 4 rings (SSSR count). The molecule has 1 fully saturated rings. The van der Waals surface area contributed by atoms with E-state index in [2.05, 4.69) is 41.0 Å². The van der Waals surface area contributed by atoms with Gasteiger partial charge in [0.05, 0.1) is 18.0 Å². The van der Waals surface area contributed by atoms with E-state index in [1.54, 1.807) is 11.6 Å². The number of piperidine rings is 1. The van der Waals surface area contributed by atoms with E-state index in [-0.39, 0.29) is 11.9 Å². The number of nitrogens with zero attached hydrogens (tertiary/aromatic N) is 4. The molecule has 0 bridgehead atoms. The average Bonchev–Trinajstić information content (AvgIpc) is 3.21. The summed E-state index contributed by atoms with van der Waals surface area (Å²) in [5, 5.41) is 15.5. The normalized spacial score (nSPS) is 21.9. The summed E-state index contributed by atoms with van der Waals surface area (Å²) in [6.07, 6.45) is 2.00. The van der Waals surface area contributed by atoms with E-state index in [0.717, 1.165) is 46.5 Å². The van der Waals surface area contributed by atoms with Gasteiger partial charge >= 0.3 is 0 Å². The first-order valence-electron chi connectivity index (χ1n) is 9.95. The fourth-order valence-corrected chi connectivity index (χ4v) is 5.49. The molecule has 0 amide bonds. The zero-order valence-electron chi connectivity index (χ0n) is 16.9. The van der Waals surface area contributed by atoms with Gasteiger partial charge in [0.25, 0.3) is 0 Å². The minimum absolute atomic E-state index is 0.0188. The Morgan fingerprint density at radius 2 is 1.89 bits per heavy atom. The monoisotopic (exact) mass is 400 g/mol. The topological polar surface area (TPSA) is 62.9 Å². The quantitative estimate of drug-likeness (QED) is 0.698. The third kappa shape index (κ3) is 3.49. The molecule has 0 radical (unpaired) electrons. The van der Waals surface area contributed by atoms with Gasteiger partial charge in [-0.3, -0.25) is 4.90 Å². The van der Waals surface area contributed by atoms with Gasteiger partial charge in [-0.05, 0) is 36.0 Å². The van der Waals surface area contributed by atoms with Gasteiger partial charge in [-0.15, -0.1) is 5.10 Å². The highest BCUT2D eigenvalue weighted by Crippen LogP contribution is 2.42. The second-order valence-electron chi connectivity index (χ2n) is 7.94. The Morgan fingerprint density at radius 1 is 1.21 bits per heavy atom. The minimum atomic E-state index is -0.0188. The van der Waals surface area contributed by atoms with Crippen LogP contribution in [0.15, 0.2) is 24.3 Å². The van der Waals surface area contributed by atoms with Crippen molar-refractivity contribution in [2.24, 2.45) is 11.8 Å². The van der Waals surface area contributed by atoms with Crippen molar-refractivity contribution >= 4 is 16.3 Å². The molecule has 1 N–H and O–H groups in total. The number of hydrogen-bond acceptors (Lipinski definition) is 6. The van der Waals surface area contributed by atoms with Crippen LogP contribution in [0.5, 0.6) is 11.6 Å². The summed E-state index contributed by atoms with van der Waals surface area (Å²) < 4.78 is 6.92. The van der Waals surface area contributed by atoms with E-state index in [1.807, 2.05) is 19.1 Å². The molecule has 6 nitrogen and oxygen atoms in total. The molecule has 0 spiro atoms. The maximum absolute atomic E-state index is 11.0. The van der Waals surface area contributed by atoms with Crippen LogP contribution in [0.4, 0.5) is 0 Å². The highest BCUT2D eigenvalue weighted by atomic mass is 32.1. The van der Waals surface area contributed by atoms with E-state index in [4.69, 9.17) is 4.74 Å². The molecule has 28 heavy (non-hydrogen) atoms. The first-order chi connectivity index (χ1) is 13.5. The summed E-state index contributed by atoms with van der Waals surface area (Å²) in [5.41, 5.74) is 1.15. The molecule has 1 aromatic carbocycles. The van der Waals surface area contributed by atoms with Crippen molar-refractivity contribution in [1.82, 2.24) is 19.5 Å². The minimum Gasteiger partial charge on any atom is -0.497 e. The van der Waals surface area contributed by atoms with Gasteiger partial charge in [-0.25, -0.2) is 4.98 Å². The molecule has 0 saturated carbocycles. The third-order valence-electron chi connectivity index (χ3n) is 5.50. The smallest absolute Gasteiger partial charge is 0.230 e. The fraction of sp³-hybridized carbons (Fsp3) is 0.524.